The predicted octanol–water partition coefficient (Wildman–Crippen LogP) is 1.56. The van der Waals surface area contributed by atoms with Crippen molar-refractivity contribution in [1.29, 1.82) is 0 Å². The molecule has 0 aliphatic rings. The van der Waals surface area contributed by atoms with E-state index in [-0.39, 0.29) is 12.4 Å². The summed E-state index contributed by atoms with van der Waals surface area (Å²) < 4.78 is 23.2. The zero-order valence-electron chi connectivity index (χ0n) is 12.6. The molecule has 1 aromatic carbocycles. The molecular formula is C15H16FN3O4. The van der Waals surface area contributed by atoms with Gasteiger partial charge in [-0.25, -0.2) is 4.39 Å². The largest absolute Gasteiger partial charge is 0.375 e. The maximum absolute atomic E-state index is 13.2. The number of methoxy groups -OCH3 is 1. The SMILES string of the molecule is CO[C@H](CNC(=O)C(=O)Nc1cc(C)on1)c1cccc(F)c1. The summed E-state index contributed by atoms with van der Waals surface area (Å²) in [7, 11) is 1.43. The molecule has 7 nitrogen and oxygen atoms in total. The Morgan fingerprint density at radius 3 is 2.74 bits per heavy atom. The molecule has 0 aliphatic heterocycles. The number of nitrogens with zero attached hydrogens (tertiary/aromatic N) is 1. The van der Waals surface area contributed by atoms with E-state index < -0.39 is 23.7 Å². The van der Waals surface area contributed by atoms with E-state index in [0.29, 0.717) is 11.3 Å². The van der Waals surface area contributed by atoms with Crippen LogP contribution in [0.3, 0.4) is 0 Å². The van der Waals surface area contributed by atoms with Crippen molar-refractivity contribution in [2.75, 3.05) is 19.0 Å². The van der Waals surface area contributed by atoms with Crippen molar-refractivity contribution >= 4 is 17.6 Å². The van der Waals surface area contributed by atoms with Gasteiger partial charge in [-0.3, -0.25) is 14.9 Å². The molecule has 2 amide bonds. The Morgan fingerprint density at radius 2 is 2.13 bits per heavy atom. The Balaban J connectivity index is 1.90. The molecule has 2 N–H and O–H groups in total. The number of anilines is 1. The summed E-state index contributed by atoms with van der Waals surface area (Å²) in [5.74, 6) is -1.49. The monoisotopic (exact) mass is 321 g/mol. The van der Waals surface area contributed by atoms with Crippen molar-refractivity contribution in [2.24, 2.45) is 0 Å². The highest BCUT2D eigenvalue weighted by molar-refractivity contribution is 6.39. The molecule has 1 aromatic heterocycles. The van der Waals surface area contributed by atoms with E-state index in [1.54, 1.807) is 13.0 Å². The van der Waals surface area contributed by atoms with Gasteiger partial charge in [-0.2, -0.15) is 0 Å². The Kier molecular flexibility index (Phi) is 5.42. The Hall–Kier alpha value is -2.74. The minimum atomic E-state index is -0.882. The normalized spacial score (nSPS) is 11.8. The number of nitrogens with one attached hydrogen (secondary N) is 2. The lowest BCUT2D eigenvalue weighted by Crippen LogP contribution is -2.38. The Bertz CT molecular complexity index is 702. The summed E-state index contributed by atoms with van der Waals surface area (Å²) in [5.41, 5.74) is 0.556. The number of halogens is 1. The van der Waals surface area contributed by atoms with Crippen molar-refractivity contribution in [3.8, 4) is 0 Å². The first kappa shape index (κ1) is 16.6. The Morgan fingerprint density at radius 1 is 1.35 bits per heavy atom. The number of ether oxygens (including phenoxy) is 1. The quantitative estimate of drug-likeness (QED) is 0.815. The number of hydrogen-bond acceptors (Lipinski definition) is 5. The number of aryl methyl sites for hydroxylation is 1. The van der Waals surface area contributed by atoms with Gasteiger partial charge in [0.1, 0.15) is 11.6 Å². The fourth-order valence-electron chi connectivity index (χ4n) is 1.91. The van der Waals surface area contributed by atoms with Gasteiger partial charge in [-0.15, -0.1) is 0 Å². The maximum Gasteiger partial charge on any atom is 0.314 e. The lowest BCUT2D eigenvalue weighted by atomic mass is 10.1. The number of rotatable bonds is 5. The number of hydrogen-bond donors (Lipinski definition) is 2. The summed E-state index contributed by atoms with van der Waals surface area (Å²) >= 11 is 0. The van der Waals surface area contributed by atoms with Gasteiger partial charge in [0.2, 0.25) is 0 Å². The number of carbonyl (C=O) groups excluding carboxylic acids is 2. The average Bonchev–Trinajstić information content (AvgIpc) is 2.92. The molecule has 0 saturated carbocycles. The number of carbonyl (C=O) groups is 2. The molecule has 8 heteroatoms. The van der Waals surface area contributed by atoms with Crippen molar-refractivity contribution in [2.45, 2.75) is 13.0 Å². The lowest BCUT2D eigenvalue weighted by Gasteiger charge is -2.16. The van der Waals surface area contributed by atoms with E-state index >= 15 is 0 Å². The second kappa shape index (κ2) is 7.50. The zero-order valence-corrected chi connectivity index (χ0v) is 12.6. The van der Waals surface area contributed by atoms with Crippen LogP contribution in [0.4, 0.5) is 10.2 Å². The Labute approximate surface area is 131 Å². The third-order valence-corrected chi connectivity index (χ3v) is 3.03. The van der Waals surface area contributed by atoms with Crippen molar-refractivity contribution in [1.82, 2.24) is 10.5 Å². The minimum Gasteiger partial charge on any atom is -0.375 e. The van der Waals surface area contributed by atoms with Crippen LogP contribution in [0.1, 0.15) is 17.4 Å². The van der Waals surface area contributed by atoms with Crippen LogP contribution < -0.4 is 10.6 Å². The third kappa shape index (κ3) is 4.62. The van der Waals surface area contributed by atoms with E-state index in [1.165, 1.54) is 31.4 Å². The van der Waals surface area contributed by atoms with Gasteiger partial charge >= 0.3 is 11.8 Å². The van der Waals surface area contributed by atoms with Gasteiger partial charge in [0.05, 0.1) is 6.10 Å². The summed E-state index contributed by atoms with van der Waals surface area (Å²) in [6.07, 6.45) is -0.572. The highest BCUT2D eigenvalue weighted by Crippen LogP contribution is 2.16. The van der Waals surface area contributed by atoms with Crippen LogP contribution in [0, 0.1) is 12.7 Å². The molecule has 1 heterocycles. The van der Waals surface area contributed by atoms with Gasteiger partial charge in [-0.05, 0) is 24.6 Å². The topological polar surface area (TPSA) is 93.5 Å². The van der Waals surface area contributed by atoms with Gasteiger partial charge in [0, 0.05) is 19.7 Å². The van der Waals surface area contributed by atoms with E-state index in [1.807, 2.05) is 0 Å². The molecule has 0 spiro atoms. The fourth-order valence-corrected chi connectivity index (χ4v) is 1.91. The van der Waals surface area contributed by atoms with E-state index in [9.17, 15) is 14.0 Å². The molecule has 0 radical (unpaired) electrons. The number of aromatic nitrogens is 1. The molecule has 0 bridgehead atoms. The van der Waals surface area contributed by atoms with Gasteiger partial charge in [0.15, 0.2) is 5.82 Å². The van der Waals surface area contributed by atoms with Crippen LogP contribution >= 0.6 is 0 Å². The van der Waals surface area contributed by atoms with Crippen molar-refractivity contribution in [3.63, 3.8) is 0 Å². The van der Waals surface area contributed by atoms with Crippen LogP contribution in [-0.4, -0.2) is 30.6 Å². The number of benzene rings is 1. The fraction of sp³-hybridized carbons (Fsp3) is 0.267. The molecule has 0 saturated heterocycles. The first-order chi connectivity index (χ1) is 11.0. The maximum atomic E-state index is 13.2. The third-order valence-electron chi connectivity index (χ3n) is 3.03. The summed E-state index contributed by atoms with van der Waals surface area (Å²) in [6, 6.07) is 7.30. The first-order valence-electron chi connectivity index (χ1n) is 6.80. The molecule has 0 unspecified atom stereocenters. The second-order valence-corrected chi connectivity index (χ2v) is 4.77. The molecule has 2 rings (SSSR count). The minimum absolute atomic E-state index is 0.0179. The van der Waals surface area contributed by atoms with E-state index in [0.717, 1.165) is 0 Å². The molecule has 0 aliphatic carbocycles. The molecule has 23 heavy (non-hydrogen) atoms. The molecule has 2 aromatic rings. The first-order valence-corrected chi connectivity index (χ1v) is 6.80. The smallest absolute Gasteiger partial charge is 0.314 e. The van der Waals surface area contributed by atoms with Crippen LogP contribution in [-0.2, 0) is 14.3 Å². The molecule has 0 fully saturated rings. The van der Waals surface area contributed by atoms with Gasteiger partial charge in [-0.1, -0.05) is 17.3 Å². The van der Waals surface area contributed by atoms with E-state index in [2.05, 4.69) is 15.8 Å². The van der Waals surface area contributed by atoms with Crippen LogP contribution in [0.15, 0.2) is 34.9 Å². The van der Waals surface area contributed by atoms with Gasteiger partial charge < -0.3 is 14.6 Å². The lowest BCUT2D eigenvalue weighted by molar-refractivity contribution is -0.136. The van der Waals surface area contributed by atoms with Crippen LogP contribution in [0.5, 0.6) is 0 Å². The average molecular weight is 321 g/mol. The van der Waals surface area contributed by atoms with E-state index in [4.69, 9.17) is 9.26 Å². The predicted molar refractivity (Wildman–Crippen MR) is 79.0 cm³/mol. The second-order valence-electron chi connectivity index (χ2n) is 4.77. The zero-order chi connectivity index (χ0) is 16.8. The summed E-state index contributed by atoms with van der Waals surface area (Å²) in [4.78, 5) is 23.5. The summed E-state index contributed by atoms with van der Waals surface area (Å²) in [6.45, 7) is 1.68. The molecular weight excluding hydrogens is 305 g/mol. The summed E-state index contributed by atoms with van der Waals surface area (Å²) in [5, 5.41) is 8.27. The van der Waals surface area contributed by atoms with Crippen LogP contribution in [0.25, 0.3) is 0 Å². The van der Waals surface area contributed by atoms with Crippen molar-refractivity contribution < 1.29 is 23.2 Å². The molecule has 122 valence electrons. The van der Waals surface area contributed by atoms with Crippen LogP contribution in [0.2, 0.25) is 0 Å². The standard InChI is InChI=1S/C15H16FN3O4/c1-9-6-13(19-23-9)18-15(21)14(20)17-8-12(22-2)10-4-3-5-11(16)7-10/h3-7,12H,8H2,1-2H3,(H,17,20)(H,18,19,21)/t12-/m1/s1. The molecule has 1 atom stereocenters. The highest BCUT2D eigenvalue weighted by Gasteiger charge is 2.18. The van der Waals surface area contributed by atoms with Crippen molar-refractivity contribution in [3.05, 3.63) is 47.5 Å². The number of amides is 2. The van der Waals surface area contributed by atoms with Gasteiger partial charge in [0.25, 0.3) is 0 Å². The highest BCUT2D eigenvalue weighted by atomic mass is 19.1.